The van der Waals surface area contributed by atoms with E-state index in [0.717, 1.165) is 6.20 Å². The standard InChI is InChI=1S/C10H12N2O5/c13-8-7(9(14)15)5-12(10(16)11-8)6-1-3-17-4-2-6/h5-6H,1-4H2,(H,14,15)(H,11,13,16). The number of nitrogens with zero attached hydrogens (tertiary/aromatic N) is 1. The molecule has 1 aliphatic rings. The Kier molecular flexibility index (Phi) is 3.10. The third-order valence-corrected chi connectivity index (χ3v) is 2.78. The number of carbonyl (C=O) groups is 1. The molecule has 0 aliphatic carbocycles. The van der Waals surface area contributed by atoms with Crippen LogP contribution in [0.1, 0.15) is 29.2 Å². The largest absolute Gasteiger partial charge is 0.477 e. The molecule has 0 bridgehead atoms. The molecule has 1 aliphatic heterocycles. The molecule has 7 nitrogen and oxygen atoms in total. The van der Waals surface area contributed by atoms with Gasteiger partial charge in [0.05, 0.1) is 0 Å². The highest BCUT2D eigenvalue weighted by Crippen LogP contribution is 2.18. The van der Waals surface area contributed by atoms with Crippen molar-refractivity contribution in [3.8, 4) is 0 Å². The minimum atomic E-state index is -1.34. The Morgan fingerprint density at radius 1 is 1.41 bits per heavy atom. The molecule has 0 radical (unpaired) electrons. The summed E-state index contributed by atoms with van der Waals surface area (Å²) in [7, 11) is 0. The average Bonchev–Trinajstić information content (AvgIpc) is 2.29. The second-order valence-electron chi connectivity index (χ2n) is 3.86. The Morgan fingerprint density at radius 2 is 2.06 bits per heavy atom. The summed E-state index contributed by atoms with van der Waals surface area (Å²) in [5, 5.41) is 8.82. The van der Waals surface area contributed by atoms with Gasteiger partial charge in [-0.2, -0.15) is 0 Å². The Morgan fingerprint density at radius 3 is 2.65 bits per heavy atom. The van der Waals surface area contributed by atoms with Crippen LogP contribution in [0.4, 0.5) is 0 Å². The summed E-state index contributed by atoms with van der Waals surface area (Å²) in [4.78, 5) is 35.7. The maximum absolute atomic E-state index is 11.6. The highest BCUT2D eigenvalue weighted by Gasteiger charge is 2.19. The van der Waals surface area contributed by atoms with Crippen molar-refractivity contribution < 1.29 is 14.6 Å². The van der Waals surface area contributed by atoms with E-state index in [-0.39, 0.29) is 6.04 Å². The predicted octanol–water partition coefficient (Wildman–Crippen LogP) is -0.414. The molecule has 2 rings (SSSR count). The first kappa shape index (κ1) is 11.6. The Hall–Kier alpha value is -1.89. The number of carboxylic acids is 1. The number of aromatic carboxylic acids is 1. The smallest absolute Gasteiger partial charge is 0.342 e. The van der Waals surface area contributed by atoms with Crippen LogP contribution in [0.25, 0.3) is 0 Å². The van der Waals surface area contributed by atoms with Gasteiger partial charge in [-0.25, -0.2) is 9.59 Å². The Labute approximate surface area is 95.7 Å². The number of aromatic nitrogens is 2. The summed E-state index contributed by atoms with van der Waals surface area (Å²) in [5.41, 5.74) is -1.87. The van der Waals surface area contributed by atoms with Crippen molar-refractivity contribution >= 4 is 5.97 Å². The summed E-state index contributed by atoms with van der Waals surface area (Å²) in [5.74, 6) is -1.34. The predicted molar refractivity (Wildman–Crippen MR) is 57.4 cm³/mol. The molecule has 0 atom stereocenters. The van der Waals surface area contributed by atoms with Gasteiger partial charge in [-0.15, -0.1) is 0 Å². The van der Waals surface area contributed by atoms with E-state index in [1.807, 2.05) is 4.98 Å². The maximum Gasteiger partial charge on any atom is 0.342 e. The fraction of sp³-hybridized carbons (Fsp3) is 0.500. The lowest BCUT2D eigenvalue weighted by Gasteiger charge is -2.23. The minimum absolute atomic E-state index is 0.119. The number of hydrogen-bond donors (Lipinski definition) is 2. The van der Waals surface area contributed by atoms with Crippen molar-refractivity contribution in [2.45, 2.75) is 18.9 Å². The van der Waals surface area contributed by atoms with E-state index in [2.05, 4.69) is 0 Å². The van der Waals surface area contributed by atoms with E-state index in [1.165, 1.54) is 4.57 Å². The van der Waals surface area contributed by atoms with E-state index < -0.39 is 22.8 Å². The SMILES string of the molecule is O=C(O)c1cn(C2CCOCC2)c(=O)[nH]c1=O. The first-order valence-corrected chi connectivity index (χ1v) is 5.26. The molecular formula is C10H12N2O5. The molecule has 0 spiro atoms. The third-order valence-electron chi connectivity index (χ3n) is 2.78. The summed E-state index contributed by atoms with van der Waals surface area (Å²) in [6, 6.07) is -0.119. The molecule has 0 saturated carbocycles. The lowest BCUT2D eigenvalue weighted by Crippen LogP contribution is -2.36. The molecule has 0 unspecified atom stereocenters. The van der Waals surface area contributed by atoms with Crippen LogP contribution < -0.4 is 11.2 Å². The van der Waals surface area contributed by atoms with E-state index in [1.54, 1.807) is 0 Å². The van der Waals surface area contributed by atoms with Gasteiger partial charge in [-0.3, -0.25) is 14.3 Å². The van der Waals surface area contributed by atoms with Crippen LogP contribution in [0.5, 0.6) is 0 Å². The van der Waals surface area contributed by atoms with Crippen molar-refractivity contribution in [3.05, 3.63) is 32.6 Å². The van der Waals surface area contributed by atoms with Gasteiger partial charge in [0.15, 0.2) is 0 Å². The van der Waals surface area contributed by atoms with Crippen LogP contribution in [0.3, 0.4) is 0 Å². The van der Waals surface area contributed by atoms with Crippen molar-refractivity contribution in [2.75, 3.05) is 13.2 Å². The fourth-order valence-electron chi connectivity index (χ4n) is 1.87. The maximum atomic E-state index is 11.6. The number of nitrogens with one attached hydrogen (secondary N) is 1. The molecule has 0 amide bonds. The van der Waals surface area contributed by atoms with Crippen molar-refractivity contribution in [1.29, 1.82) is 0 Å². The lowest BCUT2D eigenvalue weighted by atomic mass is 10.1. The van der Waals surface area contributed by atoms with Crippen LogP contribution in [0.15, 0.2) is 15.8 Å². The van der Waals surface area contributed by atoms with Gasteiger partial charge in [0.1, 0.15) is 5.56 Å². The van der Waals surface area contributed by atoms with Gasteiger partial charge in [0.25, 0.3) is 5.56 Å². The third kappa shape index (κ3) is 2.28. The zero-order valence-electron chi connectivity index (χ0n) is 9.01. The molecule has 0 aromatic carbocycles. The zero-order valence-corrected chi connectivity index (χ0v) is 9.01. The molecular weight excluding hydrogens is 228 g/mol. The van der Waals surface area contributed by atoms with Crippen LogP contribution >= 0.6 is 0 Å². The minimum Gasteiger partial charge on any atom is -0.477 e. The Bertz CT molecular complexity index is 538. The number of carboxylic acid groups (broad SMARTS) is 1. The van der Waals surface area contributed by atoms with Gasteiger partial charge in [0, 0.05) is 25.5 Å². The number of rotatable bonds is 2. The average molecular weight is 240 g/mol. The lowest BCUT2D eigenvalue weighted by molar-refractivity contribution is 0.0665. The van der Waals surface area contributed by atoms with Gasteiger partial charge < -0.3 is 9.84 Å². The summed E-state index contributed by atoms with van der Waals surface area (Å²) >= 11 is 0. The number of hydrogen-bond acceptors (Lipinski definition) is 4. The summed E-state index contributed by atoms with van der Waals surface area (Å²) in [6.45, 7) is 1.05. The highest BCUT2D eigenvalue weighted by atomic mass is 16.5. The van der Waals surface area contributed by atoms with Crippen molar-refractivity contribution in [3.63, 3.8) is 0 Å². The summed E-state index contributed by atoms with van der Waals surface area (Å²) in [6.07, 6.45) is 2.37. The van der Waals surface area contributed by atoms with E-state index >= 15 is 0 Å². The first-order chi connectivity index (χ1) is 8.09. The molecule has 2 N–H and O–H groups in total. The second kappa shape index (κ2) is 4.54. The van der Waals surface area contributed by atoms with Crippen molar-refractivity contribution in [2.24, 2.45) is 0 Å². The van der Waals surface area contributed by atoms with Crippen LogP contribution in [-0.4, -0.2) is 33.8 Å². The topological polar surface area (TPSA) is 101 Å². The summed E-state index contributed by atoms with van der Waals surface area (Å²) < 4.78 is 6.43. The molecule has 7 heteroatoms. The molecule has 1 saturated heterocycles. The second-order valence-corrected chi connectivity index (χ2v) is 3.86. The zero-order chi connectivity index (χ0) is 12.4. The highest BCUT2D eigenvalue weighted by molar-refractivity contribution is 5.86. The number of aromatic amines is 1. The van der Waals surface area contributed by atoms with E-state index in [0.29, 0.717) is 26.1 Å². The normalized spacial score (nSPS) is 16.9. The van der Waals surface area contributed by atoms with Crippen LogP contribution in [0, 0.1) is 0 Å². The Balaban J connectivity index is 2.46. The number of H-pyrrole nitrogens is 1. The van der Waals surface area contributed by atoms with Crippen LogP contribution in [0.2, 0.25) is 0 Å². The van der Waals surface area contributed by atoms with E-state index in [9.17, 15) is 14.4 Å². The molecule has 1 aromatic heterocycles. The first-order valence-electron chi connectivity index (χ1n) is 5.26. The molecule has 1 fully saturated rings. The molecule has 17 heavy (non-hydrogen) atoms. The fourth-order valence-corrected chi connectivity index (χ4v) is 1.87. The molecule has 1 aromatic rings. The van der Waals surface area contributed by atoms with Gasteiger partial charge >= 0.3 is 11.7 Å². The van der Waals surface area contributed by atoms with Crippen LogP contribution in [-0.2, 0) is 4.74 Å². The quantitative estimate of drug-likeness (QED) is 0.731. The van der Waals surface area contributed by atoms with E-state index in [4.69, 9.17) is 9.84 Å². The number of ether oxygens (including phenoxy) is 1. The monoisotopic (exact) mass is 240 g/mol. The van der Waals surface area contributed by atoms with Gasteiger partial charge in [-0.05, 0) is 12.8 Å². The molecule has 2 heterocycles. The molecule has 92 valence electrons. The van der Waals surface area contributed by atoms with Gasteiger partial charge in [0.2, 0.25) is 0 Å². The van der Waals surface area contributed by atoms with Crippen molar-refractivity contribution in [1.82, 2.24) is 9.55 Å². The van der Waals surface area contributed by atoms with Gasteiger partial charge in [-0.1, -0.05) is 0 Å².